The molecule has 2 aromatic rings. The van der Waals surface area contributed by atoms with Gasteiger partial charge in [-0.2, -0.15) is 0 Å². The van der Waals surface area contributed by atoms with Crippen molar-refractivity contribution >= 4 is 5.82 Å². The van der Waals surface area contributed by atoms with E-state index in [1.807, 2.05) is 31.6 Å². The van der Waals surface area contributed by atoms with Crippen LogP contribution in [0.2, 0.25) is 0 Å². The Morgan fingerprint density at radius 1 is 1.30 bits per heavy atom. The van der Waals surface area contributed by atoms with Crippen molar-refractivity contribution < 1.29 is 4.74 Å². The molecule has 0 unspecified atom stereocenters. The molecule has 122 valence electrons. The van der Waals surface area contributed by atoms with Crippen LogP contribution in [-0.4, -0.2) is 53.2 Å². The fraction of sp³-hybridized carbons (Fsp3) is 0.471. The first kappa shape index (κ1) is 15.8. The lowest BCUT2D eigenvalue weighted by Crippen LogP contribution is -2.31. The molecule has 0 radical (unpaired) electrons. The second kappa shape index (κ2) is 7.99. The maximum atomic E-state index is 5.78. The van der Waals surface area contributed by atoms with Gasteiger partial charge in [0.05, 0.1) is 30.8 Å². The number of hydrogen-bond donors (Lipinski definition) is 1. The van der Waals surface area contributed by atoms with E-state index < -0.39 is 0 Å². The van der Waals surface area contributed by atoms with E-state index in [0.717, 1.165) is 56.5 Å². The van der Waals surface area contributed by atoms with Gasteiger partial charge in [-0.15, -0.1) is 0 Å². The highest BCUT2D eigenvalue weighted by Gasteiger charge is 2.20. The summed E-state index contributed by atoms with van der Waals surface area (Å²) in [5, 5.41) is 3.03. The normalized spacial score (nSPS) is 19.3. The highest BCUT2D eigenvalue weighted by molar-refractivity contribution is 5.30. The van der Waals surface area contributed by atoms with Gasteiger partial charge < -0.3 is 10.1 Å². The molecule has 0 saturated carbocycles. The van der Waals surface area contributed by atoms with Gasteiger partial charge in [0.2, 0.25) is 0 Å². The Hall–Kier alpha value is -2.05. The van der Waals surface area contributed by atoms with E-state index in [1.54, 1.807) is 6.20 Å². The Morgan fingerprint density at radius 3 is 3.09 bits per heavy atom. The van der Waals surface area contributed by atoms with Crippen LogP contribution in [0.3, 0.4) is 0 Å². The van der Waals surface area contributed by atoms with Crippen LogP contribution in [0.25, 0.3) is 0 Å². The molecular formula is C17H23N5O. The molecule has 6 heteroatoms. The number of pyridine rings is 1. The van der Waals surface area contributed by atoms with Gasteiger partial charge in [-0.3, -0.25) is 14.9 Å². The first-order chi connectivity index (χ1) is 11.3. The van der Waals surface area contributed by atoms with Gasteiger partial charge in [0.25, 0.3) is 0 Å². The highest BCUT2D eigenvalue weighted by Crippen LogP contribution is 2.15. The molecule has 0 aromatic carbocycles. The average Bonchev–Trinajstić information content (AvgIpc) is 2.81. The van der Waals surface area contributed by atoms with Gasteiger partial charge in [-0.25, -0.2) is 4.98 Å². The molecule has 3 heterocycles. The van der Waals surface area contributed by atoms with Crippen molar-refractivity contribution in [2.24, 2.45) is 5.92 Å². The van der Waals surface area contributed by atoms with E-state index in [1.165, 1.54) is 0 Å². The van der Waals surface area contributed by atoms with Gasteiger partial charge in [-0.1, -0.05) is 6.07 Å². The van der Waals surface area contributed by atoms with Gasteiger partial charge >= 0.3 is 0 Å². The van der Waals surface area contributed by atoms with Crippen molar-refractivity contribution in [2.75, 3.05) is 38.7 Å². The molecule has 6 nitrogen and oxygen atoms in total. The fourth-order valence-electron chi connectivity index (χ4n) is 2.86. The summed E-state index contributed by atoms with van der Waals surface area (Å²) in [6.45, 7) is 4.33. The number of nitrogens with zero attached hydrogens (tertiary/aromatic N) is 4. The molecule has 1 saturated heterocycles. The Labute approximate surface area is 136 Å². The molecule has 0 amide bonds. The average molecular weight is 313 g/mol. The first-order valence-electron chi connectivity index (χ1n) is 8.02. The van der Waals surface area contributed by atoms with Crippen LogP contribution in [0.4, 0.5) is 5.82 Å². The topological polar surface area (TPSA) is 63.2 Å². The Kier molecular flexibility index (Phi) is 5.50. The number of nitrogens with one attached hydrogen (secondary N) is 1. The van der Waals surface area contributed by atoms with E-state index in [4.69, 9.17) is 4.74 Å². The zero-order chi connectivity index (χ0) is 15.9. The Bertz CT molecular complexity index is 607. The smallest absolute Gasteiger partial charge is 0.144 e. The molecule has 0 bridgehead atoms. The zero-order valence-electron chi connectivity index (χ0n) is 13.5. The summed E-state index contributed by atoms with van der Waals surface area (Å²) in [4.78, 5) is 15.6. The molecule has 1 atom stereocenters. The van der Waals surface area contributed by atoms with Crippen LogP contribution in [0.5, 0.6) is 0 Å². The number of anilines is 1. The first-order valence-corrected chi connectivity index (χ1v) is 8.02. The second-order valence-electron chi connectivity index (χ2n) is 5.85. The molecule has 1 N–H and O–H groups in total. The summed E-state index contributed by atoms with van der Waals surface area (Å²) >= 11 is 0. The molecule has 3 rings (SSSR count). The lowest BCUT2D eigenvalue weighted by Gasteiger charge is -2.22. The Balaban J connectivity index is 1.62. The third kappa shape index (κ3) is 4.71. The second-order valence-corrected chi connectivity index (χ2v) is 5.85. The molecule has 0 spiro atoms. The fourth-order valence-corrected chi connectivity index (χ4v) is 2.86. The minimum absolute atomic E-state index is 0.419. The summed E-state index contributed by atoms with van der Waals surface area (Å²) in [7, 11) is 1.86. The third-order valence-electron chi connectivity index (χ3n) is 3.97. The van der Waals surface area contributed by atoms with Crippen molar-refractivity contribution in [3.63, 3.8) is 0 Å². The highest BCUT2D eigenvalue weighted by atomic mass is 16.5. The van der Waals surface area contributed by atoms with Crippen molar-refractivity contribution in [1.82, 2.24) is 19.9 Å². The maximum absolute atomic E-state index is 5.78. The van der Waals surface area contributed by atoms with Crippen LogP contribution in [0, 0.1) is 5.92 Å². The zero-order valence-corrected chi connectivity index (χ0v) is 13.5. The van der Waals surface area contributed by atoms with Gasteiger partial charge in [0.15, 0.2) is 0 Å². The number of rotatable bonds is 5. The van der Waals surface area contributed by atoms with Crippen LogP contribution in [0.15, 0.2) is 36.8 Å². The van der Waals surface area contributed by atoms with Crippen LogP contribution in [0.1, 0.15) is 11.4 Å². The molecule has 0 aliphatic carbocycles. The molecule has 23 heavy (non-hydrogen) atoms. The lowest BCUT2D eigenvalue weighted by atomic mass is 10.0. The number of ether oxygens (including phenoxy) is 1. The summed E-state index contributed by atoms with van der Waals surface area (Å²) in [6, 6.07) is 6.06. The quantitative estimate of drug-likeness (QED) is 0.905. The van der Waals surface area contributed by atoms with Crippen LogP contribution >= 0.6 is 0 Å². The molecule has 1 aliphatic heterocycles. The minimum atomic E-state index is 0.419. The SMILES string of the molecule is CNc1cncc(C[C@H]2COCCN(Cc3ccccn3)C2)n1. The number of hydrogen-bond acceptors (Lipinski definition) is 6. The maximum Gasteiger partial charge on any atom is 0.144 e. The van der Waals surface area contributed by atoms with Crippen LogP contribution in [-0.2, 0) is 17.7 Å². The summed E-state index contributed by atoms with van der Waals surface area (Å²) in [5.41, 5.74) is 2.11. The molecule has 1 fully saturated rings. The van der Waals surface area contributed by atoms with E-state index in [-0.39, 0.29) is 0 Å². The van der Waals surface area contributed by atoms with E-state index in [2.05, 4.69) is 31.2 Å². The van der Waals surface area contributed by atoms with E-state index in [0.29, 0.717) is 5.92 Å². The number of aromatic nitrogens is 3. The molecule has 1 aliphatic rings. The van der Waals surface area contributed by atoms with Crippen molar-refractivity contribution in [3.05, 3.63) is 48.2 Å². The lowest BCUT2D eigenvalue weighted by molar-refractivity contribution is 0.121. The van der Waals surface area contributed by atoms with Crippen LogP contribution < -0.4 is 5.32 Å². The summed E-state index contributed by atoms with van der Waals surface area (Å²) < 4.78 is 5.78. The summed E-state index contributed by atoms with van der Waals surface area (Å²) in [6.07, 6.45) is 6.30. The van der Waals surface area contributed by atoms with E-state index in [9.17, 15) is 0 Å². The molecule has 2 aromatic heterocycles. The predicted octanol–water partition coefficient (Wildman–Crippen LogP) is 1.60. The monoisotopic (exact) mass is 313 g/mol. The van der Waals surface area contributed by atoms with Crippen molar-refractivity contribution in [1.29, 1.82) is 0 Å². The van der Waals surface area contributed by atoms with Gasteiger partial charge in [0, 0.05) is 45.0 Å². The van der Waals surface area contributed by atoms with E-state index >= 15 is 0 Å². The van der Waals surface area contributed by atoms with Crippen molar-refractivity contribution in [3.8, 4) is 0 Å². The predicted molar refractivity (Wildman–Crippen MR) is 89.1 cm³/mol. The standard InChI is InChI=1S/C17H23N5O/c1-18-17-10-19-9-16(21-17)8-14-11-22(6-7-23-13-14)12-15-4-2-3-5-20-15/h2-5,9-10,14H,6-8,11-13H2,1H3,(H,18,21)/t14-/m1/s1. The minimum Gasteiger partial charge on any atom is -0.380 e. The Morgan fingerprint density at radius 2 is 2.26 bits per heavy atom. The van der Waals surface area contributed by atoms with Crippen molar-refractivity contribution in [2.45, 2.75) is 13.0 Å². The van der Waals surface area contributed by atoms with Gasteiger partial charge in [-0.05, 0) is 18.6 Å². The van der Waals surface area contributed by atoms with Gasteiger partial charge in [0.1, 0.15) is 5.82 Å². The largest absolute Gasteiger partial charge is 0.380 e. The third-order valence-corrected chi connectivity index (χ3v) is 3.97. The summed E-state index contributed by atoms with van der Waals surface area (Å²) in [5.74, 6) is 1.23. The molecular weight excluding hydrogens is 290 g/mol.